The number of carboxylic acids is 1. The summed E-state index contributed by atoms with van der Waals surface area (Å²) in [6, 6.07) is -0.158. The summed E-state index contributed by atoms with van der Waals surface area (Å²) in [4.78, 5) is 24.6. The number of rotatable bonds is 4. The van der Waals surface area contributed by atoms with E-state index in [9.17, 15) is 9.59 Å². The molecule has 3 unspecified atom stereocenters. The minimum Gasteiger partial charge on any atom is -0.481 e. The largest absolute Gasteiger partial charge is 0.481 e. The molecule has 3 atom stereocenters. The van der Waals surface area contributed by atoms with Crippen LogP contribution in [0.1, 0.15) is 40.0 Å². The van der Waals surface area contributed by atoms with Crippen LogP contribution in [0.15, 0.2) is 0 Å². The van der Waals surface area contributed by atoms with Gasteiger partial charge in [-0.25, -0.2) is 0 Å². The zero-order valence-corrected chi connectivity index (χ0v) is 10.3. The molecule has 0 aromatic carbocycles. The van der Waals surface area contributed by atoms with Crippen LogP contribution in [0.25, 0.3) is 0 Å². The molecule has 0 saturated carbocycles. The van der Waals surface area contributed by atoms with Crippen LogP contribution < -0.4 is 0 Å². The Kier molecular flexibility index (Phi) is 4.33. The molecule has 92 valence electrons. The van der Waals surface area contributed by atoms with Gasteiger partial charge in [0.1, 0.15) is 0 Å². The van der Waals surface area contributed by atoms with Gasteiger partial charge in [0.2, 0.25) is 5.91 Å². The van der Waals surface area contributed by atoms with Gasteiger partial charge in [-0.15, -0.1) is 0 Å². The molecule has 1 amide bonds. The van der Waals surface area contributed by atoms with Gasteiger partial charge in [0.15, 0.2) is 0 Å². The Balaban J connectivity index is 2.56. The van der Waals surface area contributed by atoms with Gasteiger partial charge in [0.25, 0.3) is 0 Å². The summed E-state index contributed by atoms with van der Waals surface area (Å²) in [6.07, 6.45) is 2.10. The summed E-state index contributed by atoms with van der Waals surface area (Å²) in [5.41, 5.74) is 0. The molecule has 0 aromatic rings. The van der Waals surface area contributed by atoms with Crippen molar-refractivity contribution >= 4 is 11.9 Å². The van der Waals surface area contributed by atoms with Crippen LogP contribution >= 0.6 is 0 Å². The lowest BCUT2D eigenvalue weighted by molar-refractivity contribution is -0.143. The van der Waals surface area contributed by atoms with Crippen molar-refractivity contribution in [1.82, 2.24) is 4.90 Å². The van der Waals surface area contributed by atoms with Crippen molar-refractivity contribution in [2.45, 2.75) is 46.1 Å². The number of carbonyl (C=O) groups is 2. The quantitative estimate of drug-likeness (QED) is 0.796. The predicted octanol–water partition coefficient (Wildman–Crippen LogP) is 1.74. The van der Waals surface area contributed by atoms with Gasteiger partial charge in [-0.2, -0.15) is 0 Å². The lowest BCUT2D eigenvalue weighted by Crippen LogP contribution is -2.38. The zero-order chi connectivity index (χ0) is 12.3. The molecule has 1 aliphatic heterocycles. The molecule has 1 N–H and O–H groups in total. The molecular weight excluding hydrogens is 206 g/mol. The monoisotopic (exact) mass is 227 g/mol. The molecule has 1 aliphatic rings. The van der Waals surface area contributed by atoms with Gasteiger partial charge in [-0.1, -0.05) is 20.3 Å². The van der Waals surface area contributed by atoms with Crippen LogP contribution in [0.4, 0.5) is 0 Å². The van der Waals surface area contributed by atoms with Crippen LogP contribution in [-0.4, -0.2) is 34.5 Å². The molecule has 0 aromatic heterocycles. The molecule has 0 bridgehead atoms. The van der Waals surface area contributed by atoms with E-state index < -0.39 is 5.97 Å². The number of hydrogen-bond donors (Lipinski definition) is 1. The van der Waals surface area contributed by atoms with E-state index in [0.717, 1.165) is 6.42 Å². The molecule has 1 saturated heterocycles. The maximum absolute atomic E-state index is 11.9. The predicted molar refractivity (Wildman–Crippen MR) is 61.0 cm³/mol. The third-order valence-corrected chi connectivity index (χ3v) is 3.61. The smallest absolute Gasteiger partial charge is 0.308 e. The van der Waals surface area contributed by atoms with Crippen LogP contribution in [-0.2, 0) is 9.59 Å². The van der Waals surface area contributed by atoms with Crippen molar-refractivity contribution in [3.05, 3.63) is 0 Å². The highest BCUT2D eigenvalue weighted by Crippen LogP contribution is 2.25. The normalized spacial score (nSPS) is 26.8. The van der Waals surface area contributed by atoms with E-state index in [2.05, 4.69) is 6.92 Å². The molecule has 4 heteroatoms. The van der Waals surface area contributed by atoms with Gasteiger partial charge < -0.3 is 10.0 Å². The maximum atomic E-state index is 11.9. The zero-order valence-electron chi connectivity index (χ0n) is 10.3. The third kappa shape index (κ3) is 2.74. The number of amides is 1. The van der Waals surface area contributed by atoms with E-state index in [1.807, 2.05) is 13.8 Å². The first-order valence-electron chi connectivity index (χ1n) is 5.99. The fourth-order valence-electron chi connectivity index (χ4n) is 2.18. The van der Waals surface area contributed by atoms with E-state index >= 15 is 0 Å². The second-order valence-electron chi connectivity index (χ2n) is 4.78. The average Bonchev–Trinajstić information content (AvgIpc) is 2.59. The Labute approximate surface area is 96.6 Å². The Hall–Kier alpha value is -1.06. The Morgan fingerprint density at radius 2 is 2.12 bits per heavy atom. The molecule has 16 heavy (non-hydrogen) atoms. The van der Waals surface area contributed by atoms with Crippen LogP contribution in [0.3, 0.4) is 0 Å². The number of carbonyl (C=O) groups excluding carboxylic acids is 1. The summed E-state index contributed by atoms with van der Waals surface area (Å²) in [5.74, 6) is -0.693. The maximum Gasteiger partial charge on any atom is 0.308 e. The topological polar surface area (TPSA) is 57.6 Å². The van der Waals surface area contributed by atoms with Gasteiger partial charge in [-0.05, 0) is 19.3 Å². The first-order chi connectivity index (χ1) is 7.47. The Bertz CT molecular complexity index is 277. The molecule has 0 aliphatic carbocycles. The van der Waals surface area contributed by atoms with Crippen molar-refractivity contribution in [3.8, 4) is 0 Å². The van der Waals surface area contributed by atoms with Crippen LogP contribution in [0.5, 0.6) is 0 Å². The lowest BCUT2D eigenvalue weighted by atomic mass is 10.0. The molecule has 1 fully saturated rings. The minimum absolute atomic E-state index is 0.102. The summed E-state index contributed by atoms with van der Waals surface area (Å²) < 4.78 is 0. The Morgan fingerprint density at radius 1 is 1.50 bits per heavy atom. The molecule has 1 heterocycles. The second kappa shape index (κ2) is 5.32. The highest BCUT2D eigenvalue weighted by Gasteiger charge is 2.37. The van der Waals surface area contributed by atoms with Gasteiger partial charge in [0, 0.05) is 19.0 Å². The van der Waals surface area contributed by atoms with Crippen molar-refractivity contribution in [3.63, 3.8) is 0 Å². The summed E-state index contributed by atoms with van der Waals surface area (Å²) in [7, 11) is 0. The number of nitrogens with zero attached hydrogens (tertiary/aromatic N) is 1. The second-order valence-corrected chi connectivity index (χ2v) is 4.78. The summed E-state index contributed by atoms with van der Waals surface area (Å²) in [6.45, 7) is 6.53. The third-order valence-electron chi connectivity index (χ3n) is 3.61. The van der Waals surface area contributed by atoms with E-state index in [-0.39, 0.29) is 17.9 Å². The Morgan fingerprint density at radius 3 is 2.56 bits per heavy atom. The SMILES string of the molecule is CCC(C)CC(=O)N1CCC(C(=O)O)C1C. The highest BCUT2D eigenvalue weighted by atomic mass is 16.4. The first-order valence-corrected chi connectivity index (χ1v) is 5.99. The molecule has 0 radical (unpaired) electrons. The van der Waals surface area contributed by atoms with Gasteiger partial charge >= 0.3 is 5.97 Å². The molecule has 1 rings (SSSR count). The number of carboxylic acid groups (broad SMARTS) is 1. The van der Waals surface area contributed by atoms with Crippen molar-refractivity contribution in [2.24, 2.45) is 11.8 Å². The molecular formula is C12H21NO3. The van der Waals surface area contributed by atoms with Crippen molar-refractivity contribution in [2.75, 3.05) is 6.54 Å². The summed E-state index contributed by atoms with van der Waals surface area (Å²) >= 11 is 0. The molecule has 0 spiro atoms. The fraction of sp³-hybridized carbons (Fsp3) is 0.833. The number of likely N-dealkylation sites (tertiary alicyclic amines) is 1. The number of aliphatic carboxylic acids is 1. The van der Waals surface area contributed by atoms with Gasteiger partial charge in [0.05, 0.1) is 5.92 Å². The fourth-order valence-corrected chi connectivity index (χ4v) is 2.18. The highest BCUT2D eigenvalue weighted by molar-refractivity contribution is 5.79. The minimum atomic E-state index is -0.786. The van der Waals surface area contributed by atoms with Crippen LogP contribution in [0.2, 0.25) is 0 Å². The van der Waals surface area contributed by atoms with E-state index in [1.165, 1.54) is 0 Å². The summed E-state index contributed by atoms with van der Waals surface area (Å²) in [5, 5.41) is 8.97. The van der Waals surface area contributed by atoms with E-state index in [1.54, 1.807) is 4.90 Å². The van der Waals surface area contributed by atoms with E-state index in [4.69, 9.17) is 5.11 Å². The van der Waals surface area contributed by atoms with Gasteiger partial charge in [-0.3, -0.25) is 9.59 Å². The lowest BCUT2D eigenvalue weighted by Gasteiger charge is -2.24. The van der Waals surface area contributed by atoms with Crippen LogP contribution in [0, 0.1) is 11.8 Å². The number of hydrogen-bond acceptors (Lipinski definition) is 2. The molecule has 4 nitrogen and oxygen atoms in total. The van der Waals surface area contributed by atoms with Crippen molar-refractivity contribution in [1.29, 1.82) is 0 Å². The van der Waals surface area contributed by atoms with Crippen molar-refractivity contribution < 1.29 is 14.7 Å². The standard InChI is InChI=1S/C12H21NO3/c1-4-8(2)7-11(14)13-6-5-10(9(13)3)12(15)16/h8-10H,4-7H2,1-3H3,(H,15,16). The van der Waals surface area contributed by atoms with E-state index in [0.29, 0.717) is 25.3 Å². The average molecular weight is 227 g/mol. The first kappa shape index (κ1) is 13.0.